The second-order valence-corrected chi connectivity index (χ2v) is 6.92. The average molecular weight is 359 g/mol. The molecule has 0 N–H and O–H groups in total. The van der Waals surface area contributed by atoms with Crippen LogP contribution >= 0.6 is 0 Å². The van der Waals surface area contributed by atoms with E-state index >= 15 is 0 Å². The number of aromatic nitrogens is 3. The highest BCUT2D eigenvalue weighted by atomic mass is 16.5. The van der Waals surface area contributed by atoms with Gasteiger partial charge in [0.25, 0.3) is 0 Å². The van der Waals surface area contributed by atoms with Crippen LogP contribution in [0.2, 0.25) is 0 Å². The second-order valence-electron chi connectivity index (χ2n) is 6.92. The summed E-state index contributed by atoms with van der Waals surface area (Å²) in [6, 6.07) is 0. The molecular formula is C19H29N5O2. The first-order valence-electron chi connectivity index (χ1n) is 9.50. The molecule has 1 saturated heterocycles. The number of carbonyl (C=O) groups is 1. The van der Waals surface area contributed by atoms with Crippen LogP contribution in [0.1, 0.15) is 36.2 Å². The van der Waals surface area contributed by atoms with E-state index in [1.807, 2.05) is 31.1 Å². The van der Waals surface area contributed by atoms with Crippen LogP contribution in [0.5, 0.6) is 0 Å². The minimum Gasteiger partial charge on any atom is -0.361 e. The van der Waals surface area contributed by atoms with Gasteiger partial charge in [0, 0.05) is 70.1 Å². The number of amides is 1. The van der Waals surface area contributed by atoms with Crippen molar-refractivity contribution in [2.45, 2.75) is 46.6 Å². The molecule has 1 aliphatic heterocycles. The Kier molecular flexibility index (Phi) is 6.08. The van der Waals surface area contributed by atoms with E-state index in [-0.39, 0.29) is 5.91 Å². The Hall–Kier alpha value is -2.15. The lowest BCUT2D eigenvalue weighted by atomic mass is 10.1. The second kappa shape index (κ2) is 8.49. The predicted molar refractivity (Wildman–Crippen MR) is 98.9 cm³/mol. The Balaban J connectivity index is 1.41. The van der Waals surface area contributed by atoms with Crippen molar-refractivity contribution < 1.29 is 9.32 Å². The van der Waals surface area contributed by atoms with E-state index < -0.39 is 0 Å². The predicted octanol–water partition coefficient (Wildman–Crippen LogP) is 1.83. The number of carbonyl (C=O) groups excluding carboxylic acids is 1. The molecule has 26 heavy (non-hydrogen) atoms. The van der Waals surface area contributed by atoms with Gasteiger partial charge in [0.2, 0.25) is 5.91 Å². The van der Waals surface area contributed by atoms with Crippen molar-refractivity contribution in [3.8, 4) is 0 Å². The fraction of sp³-hybridized carbons (Fsp3) is 0.632. The molecule has 0 saturated carbocycles. The molecule has 0 bridgehead atoms. The highest BCUT2D eigenvalue weighted by Crippen LogP contribution is 2.15. The highest BCUT2D eigenvalue weighted by molar-refractivity contribution is 5.76. The third kappa shape index (κ3) is 4.33. The van der Waals surface area contributed by atoms with Gasteiger partial charge < -0.3 is 14.0 Å². The molecule has 0 aliphatic carbocycles. The molecule has 1 aliphatic rings. The lowest BCUT2D eigenvalue weighted by molar-refractivity contribution is -0.132. The van der Waals surface area contributed by atoms with Gasteiger partial charge in [-0.25, -0.2) is 4.98 Å². The number of imidazole rings is 1. The summed E-state index contributed by atoms with van der Waals surface area (Å²) in [5.41, 5.74) is 1.97. The summed E-state index contributed by atoms with van der Waals surface area (Å²) in [4.78, 5) is 21.3. The van der Waals surface area contributed by atoms with Crippen LogP contribution in [0.15, 0.2) is 16.9 Å². The van der Waals surface area contributed by atoms with Crippen LogP contribution in [0.4, 0.5) is 0 Å². The zero-order chi connectivity index (χ0) is 18.5. The van der Waals surface area contributed by atoms with Gasteiger partial charge in [-0.3, -0.25) is 9.69 Å². The minimum atomic E-state index is 0.229. The monoisotopic (exact) mass is 359 g/mol. The van der Waals surface area contributed by atoms with Gasteiger partial charge >= 0.3 is 0 Å². The van der Waals surface area contributed by atoms with Crippen LogP contribution < -0.4 is 0 Å². The maximum absolute atomic E-state index is 12.5. The molecule has 0 atom stereocenters. The molecule has 1 amide bonds. The Bertz CT molecular complexity index is 709. The van der Waals surface area contributed by atoms with Gasteiger partial charge in [0.1, 0.15) is 11.6 Å². The standard InChI is InChI=1S/C19H29N5O2/c1-4-18-20-7-8-23(18)12-9-22-10-13-24(14-11-22)19(25)6-5-17-15(2)21-26-16(17)3/h7-8H,4-6,9-14H2,1-3H3. The van der Waals surface area contributed by atoms with Crippen molar-refractivity contribution in [1.82, 2.24) is 24.5 Å². The highest BCUT2D eigenvalue weighted by Gasteiger charge is 2.21. The molecule has 1 fully saturated rings. The van der Waals surface area contributed by atoms with E-state index in [4.69, 9.17) is 4.52 Å². The van der Waals surface area contributed by atoms with E-state index in [1.54, 1.807) is 0 Å². The largest absolute Gasteiger partial charge is 0.361 e. The maximum Gasteiger partial charge on any atom is 0.222 e. The van der Waals surface area contributed by atoms with Gasteiger partial charge in [-0.1, -0.05) is 12.1 Å². The van der Waals surface area contributed by atoms with Crippen LogP contribution in [-0.2, 0) is 24.2 Å². The van der Waals surface area contributed by atoms with Crippen LogP contribution in [-0.4, -0.2) is 63.1 Å². The lowest BCUT2D eigenvalue weighted by Gasteiger charge is -2.35. The van der Waals surface area contributed by atoms with Gasteiger partial charge in [-0.15, -0.1) is 0 Å². The van der Waals surface area contributed by atoms with Crippen molar-refractivity contribution in [2.24, 2.45) is 0 Å². The zero-order valence-corrected chi connectivity index (χ0v) is 16.1. The first-order valence-corrected chi connectivity index (χ1v) is 9.50. The molecule has 3 rings (SSSR count). The number of hydrogen-bond donors (Lipinski definition) is 0. The summed E-state index contributed by atoms with van der Waals surface area (Å²) in [6.07, 6.45) is 6.11. The van der Waals surface area contributed by atoms with Crippen molar-refractivity contribution in [1.29, 1.82) is 0 Å². The van der Waals surface area contributed by atoms with Crippen molar-refractivity contribution >= 4 is 5.91 Å². The smallest absolute Gasteiger partial charge is 0.222 e. The average Bonchev–Trinajstić information content (AvgIpc) is 3.24. The Morgan fingerprint density at radius 2 is 1.96 bits per heavy atom. The summed E-state index contributed by atoms with van der Waals surface area (Å²) in [5, 5.41) is 3.96. The first kappa shape index (κ1) is 18.6. The molecule has 7 heteroatoms. The van der Waals surface area contributed by atoms with Crippen LogP contribution in [0, 0.1) is 13.8 Å². The van der Waals surface area contributed by atoms with Gasteiger partial charge in [0.05, 0.1) is 5.69 Å². The summed E-state index contributed by atoms with van der Waals surface area (Å²) in [6.45, 7) is 11.4. The maximum atomic E-state index is 12.5. The molecule has 0 aromatic carbocycles. The van der Waals surface area contributed by atoms with E-state index in [2.05, 4.69) is 26.5 Å². The Morgan fingerprint density at radius 3 is 2.62 bits per heavy atom. The minimum absolute atomic E-state index is 0.229. The molecule has 7 nitrogen and oxygen atoms in total. The molecule has 0 unspecified atom stereocenters. The number of piperazine rings is 1. The fourth-order valence-electron chi connectivity index (χ4n) is 3.58. The summed E-state index contributed by atoms with van der Waals surface area (Å²) in [5.74, 6) is 2.19. The molecule has 3 heterocycles. The SMILES string of the molecule is CCc1nccn1CCN1CCN(C(=O)CCc2c(C)noc2C)CC1. The van der Waals surface area contributed by atoms with Gasteiger partial charge in [-0.2, -0.15) is 0 Å². The van der Waals surface area contributed by atoms with Crippen molar-refractivity contribution in [3.63, 3.8) is 0 Å². The van der Waals surface area contributed by atoms with Crippen LogP contribution in [0.25, 0.3) is 0 Å². The number of aryl methyl sites for hydroxylation is 3. The third-order valence-electron chi connectivity index (χ3n) is 5.27. The molecule has 2 aromatic heterocycles. The number of nitrogens with zero attached hydrogens (tertiary/aromatic N) is 5. The van der Waals surface area contributed by atoms with Crippen molar-refractivity contribution in [3.05, 3.63) is 35.2 Å². The number of hydrogen-bond acceptors (Lipinski definition) is 5. The molecule has 0 radical (unpaired) electrons. The first-order chi connectivity index (χ1) is 12.6. The summed E-state index contributed by atoms with van der Waals surface area (Å²) in [7, 11) is 0. The molecular weight excluding hydrogens is 330 g/mol. The quantitative estimate of drug-likeness (QED) is 0.754. The fourth-order valence-corrected chi connectivity index (χ4v) is 3.58. The van der Waals surface area contributed by atoms with E-state index in [9.17, 15) is 4.79 Å². The summed E-state index contributed by atoms with van der Waals surface area (Å²) >= 11 is 0. The normalized spacial score (nSPS) is 15.6. The van der Waals surface area contributed by atoms with E-state index in [1.165, 1.54) is 0 Å². The summed E-state index contributed by atoms with van der Waals surface area (Å²) < 4.78 is 7.40. The Morgan fingerprint density at radius 1 is 1.19 bits per heavy atom. The number of rotatable bonds is 7. The topological polar surface area (TPSA) is 67.4 Å². The van der Waals surface area contributed by atoms with Crippen LogP contribution in [0.3, 0.4) is 0 Å². The van der Waals surface area contributed by atoms with Gasteiger partial charge in [0.15, 0.2) is 0 Å². The van der Waals surface area contributed by atoms with Gasteiger partial charge in [-0.05, 0) is 20.3 Å². The zero-order valence-electron chi connectivity index (χ0n) is 16.1. The lowest BCUT2D eigenvalue weighted by Crippen LogP contribution is -2.49. The van der Waals surface area contributed by atoms with E-state index in [0.29, 0.717) is 12.8 Å². The molecule has 2 aromatic rings. The molecule has 0 spiro atoms. The van der Waals surface area contributed by atoms with E-state index in [0.717, 1.165) is 68.5 Å². The third-order valence-corrected chi connectivity index (χ3v) is 5.27. The Labute approximate surface area is 155 Å². The molecule has 142 valence electrons. The van der Waals surface area contributed by atoms with Crippen molar-refractivity contribution in [2.75, 3.05) is 32.7 Å².